The molecule has 28 heavy (non-hydrogen) atoms. The number of carboxylic acids is 1. The van der Waals surface area contributed by atoms with E-state index in [1.807, 2.05) is 37.3 Å². The van der Waals surface area contributed by atoms with Crippen LogP contribution in [0.3, 0.4) is 0 Å². The maximum absolute atomic E-state index is 10.7. The van der Waals surface area contributed by atoms with Gasteiger partial charge in [0.15, 0.2) is 0 Å². The Kier molecular flexibility index (Phi) is 7.80. The quantitative estimate of drug-likeness (QED) is 0.308. The molecule has 0 aliphatic heterocycles. The SMILES string of the molecule is Cc1nn(C)c(Oc2ccccc2)c1C=NOCc1ccc(C(=O)[O-])cc1.[Na+]. The number of aromatic nitrogens is 2. The molecule has 0 bridgehead atoms. The van der Waals surface area contributed by atoms with Crippen LogP contribution in [0.5, 0.6) is 11.6 Å². The van der Waals surface area contributed by atoms with Crippen molar-refractivity contribution in [3.63, 3.8) is 0 Å². The van der Waals surface area contributed by atoms with Gasteiger partial charge in [0, 0.05) is 7.05 Å². The third-order valence-electron chi connectivity index (χ3n) is 3.85. The molecule has 3 rings (SSSR count). The van der Waals surface area contributed by atoms with Crippen molar-refractivity contribution in [2.75, 3.05) is 0 Å². The molecule has 0 unspecified atom stereocenters. The molecule has 0 saturated carbocycles. The molecule has 0 fully saturated rings. The fraction of sp³-hybridized carbons (Fsp3) is 0.150. The number of carboxylic acid groups (broad SMARTS) is 1. The van der Waals surface area contributed by atoms with E-state index in [1.54, 1.807) is 30.1 Å². The van der Waals surface area contributed by atoms with E-state index in [1.165, 1.54) is 12.1 Å². The molecule has 0 spiro atoms. The number of aromatic carboxylic acids is 1. The average Bonchev–Trinajstić information content (AvgIpc) is 2.93. The summed E-state index contributed by atoms with van der Waals surface area (Å²) in [6.45, 7) is 2.07. The van der Waals surface area contributed by atoms with Crippen molar-refractivity contribution >= 4 is 12.2 Å². The Hall–Kier alpha value is -2.61. The van der Waals surface area contributed by atoms with Crippen molar-refractivity contribution in [3.8, 4) is 11.6 Å². The normalized spacial score (nSPS) is 10.5. The predicted molar refractivity (Wildman–Crippen MR) is 97.6 cm³/mol. The number of hydrogen-bond acceptors (Lipinski definition) is 6. The summed E-state index contributed by atoms with van der Waals surface area (Å²) in [6.07, 6.45) is 1.55. The molecule has 8 heteroatoms. The molecule has 0 radical (unpaired) electrons. The Labute approximate surface area is 184 Å². The van der Waals surface area contributed by atoms with Crippen LogP contribution in [0.25, 0.3) is 0 Å². The van der Waals surface area contributed by atoms with Gasteiger partial charge in [0.1, 0.15) is 12.4 Å². The van der Waals surface area contributed by atoms with Gasteiger partial charge in [-0.2, -0.15) is 5.10 Å². The fourth-order valence-electron chi connectivity index (χ4n) is 2.46. The van der Waals surface area contributed by atoms with Gasteiger partial charge in [-0.05, 0) is 30.2 Å². The molecule has 3 aromatic rings. The van der Waals surface area contributed by atoms with Crippen LogP contribution < -0.4 is 39.4 Å². The summed E-state index contributed by atoms with van der Waals surface area (Å²) < 4.78 is 7.55. The molecular weight excluding hydrogens is 369 g/mol. The summed E-state index contributed by atoms with van der Waals surface area (Å²) in [5.41, 5.74) is 2.39. The minimum Gasteiger partial charge on any atom is -0.545 e. The van der Waals surface area contributed by atoms with Gasteiger partial charge >= 0.3 is 29.6 Å². The topological polar surface area (TPSA) is 88.8 Å². The largest absolute Gasteiger partial charge is 1.00 e. The molecule has 0 atom stereocenters. The van der Waals surface area contributed by atoms with Crippen LogP contribution in [0.4, 0.5) is 0 Å². The van der Waals surface area contributed by atoms with E-state index < -0.39 is 5.97 Å². The first-order valence-electron chi connectivity index (χ1n) is 8.26. The summed E-state index contributed by atoms with van der Waals surface area (Å²) in [4.78, 5) is 16.0. The van der Waals surface area contributed by atoms with E-state index in [4.69, 9.17) is 9.57 Å². The Morgan fingerprint density at radius 1 is 1.18 bits per heavy atom. The van der Waals surface area contributed by atoms with Crippen molar-refractivity contribution in [2.45, 2.75) is 13.5 Å². The summed E-state index contributed by atoms with van der Waals surface area (Å²) in [7, 11) is 1.79. The zero-order chi connectivity index (χ0) is 19.2. The number of ether oxygens (including phenoxy) is 1. The van der Waals surface area contributed by atoms with Gasteiger partial charge in [-0.1, -0.05) is 47.6 Å². The van der Waals surface area contributed by atoms with Crippen LogP contribution in [-0.2, 0) is 18.5 Å². The standard InChI is InChI=1S/C20H19N3O4.Na/c1-14-18(19(23(2)22-14)27-17-6-4-3-5-7-17)12-21-26-13-15-8-10-16(11-9-15)20(24)25;/h3-12H,13H2,1-2H3,(H,24,25);/q;+1/p-1. The monoisotopic (exact) mass is 387 g/mol. The van der Waals surface area contributed by atoms with E-state index in [2.05, 4.69) is 10.3 Å². The third-order valence-corrected chi connectivity index (χ3v) is 3.85. The molecule has 2 aromatic carbocycles. The summed E-state index contributed by atoms with van der Waals surface area (Å²) in [5.74, 6) is 0.0481. The number of rotatable bonds is 7. The summed E-state index contributed by atoms with van der Waals surface area (Å²) >= 11 is 0. The van der Waals surface area contributed by atoms with Gasteiger partial charge in [-0.15, -0.1) is 0 Å². The van der Waals surface area contributed by atoms with E-state index >= 15 is 0 Å². The van der Waals surface area contributed by atoms with Crippen LogP contribution in [0, 0.1) is 6.92 Å². The van der Waals surface area contributed by atoms with E-state index in [0.717, 1.165) is 11.3 Å². The van der Waals surface area contributed by atoms with E-state index in [-0.39, 0.29) is 41.7 Å². The zero-order valence-electron chi connectivity index (χ0n) is 16.0. The first-order valence-corrected chi connectivity index (χ1v) is 8.26. The Morgan fingerprint density at radius 2 is 1.86 bits per heavy atom. The predicted octanol–water partition coefficient (Wildman–Crippen LogP) is -0.561. The van der Waals surface area contributed by atoms with Gasteiger partial charge in [-0.25, -0.2) is 4.68 Å². The van der Waals surface area contributed by atoms with Crippen molar-refractivity contribution in [1.82, 2.24) is 9.78 Å². The second-order valence-corrected chi connectivity index (χ2v) is 5.84. The van der Waals surface area contributed by atoms with Crippen LogP contribution in [0.2, 0.25) is 0 Å². The number of benzene rings is 2. The maximum atomic E-state index is 10.7. The van der Waals surface area contributed by atoms with Gasteiger partial charge in [0.05, 0.1) is 23.4 Å². The maximum Gasteiger partial charge on any atom is 1.00 e. The van der Waals surface area contributed by atoms with E-state index in [9.17, 15) is 9.90 Å². The number of carbonyl (C=O) groups excluding carboxylic acids is 1. The molecule has 0 amide bonds. The number of hydrogen-bond donors (Lipinski definition) is 0. The van der Waals surface area contributed by atoms with Crippen LogP contribution >= 0.6 is 0 Å². The van der Waals surface area contributed by atoms with Crippen molar-refractivity contribution in [3.05, 3.63) is 77.0 Å². The van der Waals surface area contributed by atoms with Crippen molar-refractivity contribution in [2.24, 2.45) is 12.2 Å². The molecule has 1 aromatic heterocycles. The number of nitrogens with zero attached hydrogens (tertiary/aromatic N) is 3. The second kappa shape index (κ2) is 10.1. The Morgan fingerprint density at radius 3 is 2.50 bits per heavy atom. The van der Waals surface area contributed by atoms with Crippen LogP contribution in [0.1, 0.15) is 27.2 Å². The smallest absolute Gasteiger partial charge is 0.545 e. The second-order valence-electron chi connectivity index (χ2n) is 5.84. The van der Waals surface area contributed by atoms with Crippen LogP contribution in [-0.4, -0.2) is 22.0 Å². The molecule has 138 valence electrons. The number of aryl methyl sites for hydroxylation is 2. The van der Waals surface area contributed by atoms with E-state index in [0.29, 0.717) is 17.2 Å². The Bertz CT molecular complexity index is 954. The summed E-state index contributed by atoms with van der Waals surface area (Å²) in [6, 6.07) is 15.6. The number of para-hydroxylation sites is 1. The minimum absolute atomic E-state index is 0. The molecule has 0 N–H and O–H groups in total. The molecule has 1 heterocycles. The minimum atomic E-state index is -1.21. The van der Waals surface area contributed by atoms with Crippen molar-refractivity contribution < 1.29 is 49.0 Å². The fourth-order valence-corrected chi connectivity index (χ4v) is 2.46. The summed E-state index contributed by atoms with van der Waals surface area (Å²) in [5, 5.41) is 19.1. The van der Waals surface area contributed by atoms with Crippen molar-refractivity contribution in [1.29, 1.82) is 0 Å². The third kappa shape index (κ3) is 5.45. The molecule has 7 nitrogen and oxygen atoms in total. The van der Waals surface area contributed by atoms with Crippen LogP contribution in [0.15, 0.2) is 59.8 Å². The average molecular weight is 387 g/mol. The molecule has 0 aliphatic rings. The Balaban J connectivity index is 0.00000280. The molecular formula is C20H18N3NaO4. The molecule has 0 aliphatic carbocycles. The first kappa shape index (κ1) is 21.7. The number of carbonyl (C=O) groups is 1. The first-order chi connectivity index (χ1) is 13.0. The van der Waals surface area contributed by atoms with Gasteiger partial charge < -0.3 is 19.5 Å². The molecule has 0 saturated heterocycles. The number of oxime groups is 1. The van der Waals surface area contributed by atoms with Gasteiger partial charge in [0.25, 0.3) is 0 Å². The van der Waals surface area contributed by atoms with Gasteiger partial charge in [0.2, 0.25) is 5.88 Å². The zero-order valence-corrected chi connectivity index (χ0v) is 18.0. The van der Waals surface area contributed by atoms with Gasteiger partial charge in [-0.3, -0.25) is 0 Å².